The lowest BCUT2D eigenvalue weighted by Gasteiger charge is -2.18. The minimum absolute atomic E-state index is 0.0265. The van der Waals surface area contributed by atoms with Crippen LogP contribution in [0.15, 0.2) is 101 Å². The molecule has 37 heavy (non-hydrogen) atoms. The number of nitrogens with one attached hydrogen (secondary N) is 2. The van der Waals surface area contributed by atoms with E-state index >= 15 is 0 Å². The van der Waals surface area contributed by atoms with Crippen molar-refractivity contribution in [1.29, 1.82) is 0 Å². The normalized spacial score (nSPS) is 11.7. The fraction of sp³-hybridized carbons (Fsp3) is 0.0741. The summed E-state index contributed by atoms with van der Waals surface area (Å²) in [5.74, 6) is -0.0138. The molecule has 1 aromatic heterocycles. The molecule has 4 rings (SSSR count). The summed E-state index contributed by atoms with van der Waals surface area (Å²) in [6.07, 6.45) is 1.27. The van der Waals surface area contributed by atoms with Gasteiger partial charge >= 0.3 is 0 Å². The highest BCUT2D eigenvalue weighted by molar-refractivity contribution is 6.32. The maximum atomic E-state index is 12.7. The van der Waals surface area contributed by atoms with E-state index in [1.54, 1.807) is 42.5 Å². The molecule has 0 aliphatic heterocycles. The van der Waals surface area contributed by atoms with Gasteiger partial charge in [0.2, 0.25) is 5.91 Å². The van der Waals surface area contributed by atoms with Gasteiger partial charge in [0, 0.05) is 17.2 Å². The topological polar surface area (TPSA) is 127 Å². The molecular formula is C27H21ClN4O5. The number of carbonyl (C=O) groups excluding carboxylic acids is 2. The molecule has 0 fully saturated rings. The number of carbonyl (C=O) groups is 2. The van der Waals surface area contributed by atoms with Crippen molar-refractivity contribution < 1.29 is 18.9 Å². The van der Waals surface area contributed by atoms with Crippen LogP contribution in [0.4, 0.5) is 5.69 Å². The highest BCUT2D eigenvalue weighted by Gasteiger charge is 2.19. The second kappa shape index (κ2) is 11.8. The van der Waals surface area contributed by atoms with Crippen LogP contribution in [-0.2, 0) is 4.79 Å². The summed E-state index contributed by atoms with van der Waals surface area (Å²) in [7, 11) is 0. The molecule has 0 unspecified atom stereocenters. The number of halogens is 1. The quantitative estimate of drug-likeness (QED) is 0.172. The van der Waals surface area contributed by atoms with Gasteiger partial charge in [0.1, 0.15) is 16.5 Å². The highest BCUT2D eigenvalue weighted by Crippen LogP contribution is 2.31. The molecule has 3 aromatic carbocycles. The molecule has 2 N–H and O–H groups in total. The maximum absolute atomic E-state index is 12.7. The van der Waals surface area contributed by atoms with E-state index in [0.717, 1.165) is 5.56 Å². The first-order valence-corrected chi connectivity index (χ1v) is 11.6. The van der Waals surface area contributed by atoms with Gasteiger partial charge in [0.15, 0.2) is 0 Å². The van der Waals surface area contributed by atoms with Gasteiger partial charge < -0.3 is 9.73 Å². The standard InChI is InChI=1S/C27H21ClN4O5/c28-22-13-11-20(15-24(22)32(35)36)25-14-12-21(37-25)17-29-31-26(33)16-23(18-7-3-1-4-8-18)30-27(34)19-9-5-2-6-10-19/h1-15,17,23H,16H2,(H,30,34)(H,31,33)/b29-17-/t23-/m0/s1. The third kappa shape index (κ3) is 6.68. The minimum atomic E-state index is -0.572. The van der Waals surface area contributed by atoms with Crippen molar-refractivity contribution in [2.24, 2.45) is 5.10 Å². The fourth-order valence-electron chi connectivity index (χ4n) is 3.55. The number of rotatable bonds is 9. The predicted octanol–water partition coefficient (Wildman–Crippen LogP) is 5.52. The van der Waals surface area contributed by atoms with Gasteiger partial charge in [-0.25, -0.2) is 5.43 Å². The van der Waals surface area contributed by atoms with E-state index in [9.17, 15) is 19.7 Å². The van der Waals surface area contributed by atoms with Gasteiger partial charge in [-0.3, -0.25) is 19.7 Å². The molecule has 0 aliphatic rings. The van der Waals surface area contributed by atoms with E-state index in [-0.39, 0.29) is 23.0 Å². The summed E-state index contributed by atoms with van der Waals surface area (Å²) in [6.45, 7) is 0. The van der Waals surface area contributed by atoms with Crippen molar-refractivity contribution in [3.63, 3.8) is 0 Å². The first-order chi connectivity index (χ1) is 17.9. The predicted molar refractivity (Wildman–Crippen MR) is 139 cm³/mol. The molecule has 10 heteroatoms. The Morgan fingerprint density at radius 1 is 1.00 bits per heavy atom. The Bertz CT molecular complexity index is 1440. The van der Waals surface area contributed by atoms with Gasteiger partial charge in [-0.2, -0.15) is 5.10 Å². The summed E-state index contributed by atoms with van der Waals surface area (Å²) in [6, 6.07) is 24.9. The van der Waals surface area contributed by atoms with E-state index in [2.05, 4.69) is 15.8 Å². The first-order valence-electron chi connectivity index (χ1n) is 11.2. The summed E-state index contributed by atoms with van der Waals surface area (Å²) in [5.41, 5.74) is 3.94. The molecule has 0 spiro atoms. The third-order valence-electron chi connectivity index (χ3n) is 5.37. The van der Waals surface area contributed by atoms with Crippen molar-refractivity contribution in [1.82, 2.24) is 10.7 Å². The van der Waals surface area contributed by atoms with Crippen LogP contribution in [0, 0.1) is 10.1 Å². The monoisotopic (exact) mass is 516 g/mol. The Labute approximate surface area is 216 Å². The number of nitro benzene ring substituents is 1. The average Bonchev–Trinajstić information content (AvgIpc) is 3.38. The number of furan rings is 1. The third-order valence-corrected chi connectivity index (χ3v) is 5.69. The second-order valence-electron chi connectivity index (χ2n) is 7.93. The largest absolute Gasteiger partial charge is 0.455 e. The first kappa shape index (κ1) is 25.3. The zero-order valence-corrected chi connectivity index (χ0v) is 20.1. The Kier molecular flexibility index (Phi) is 8.07. The summed E-state index contributed by atoms with van der Waals surface area (Å²) in [5, 5.41) is 18.0. The second-order valence-corrected chi connectivity index (χ2v) is 8.33. The molecule has 0 aliphatic carbocycles. The molecule has 0 saturated heterocycles. The van der Waals surface area contributed by atoms with Gasteiger partial charge in [0.25, 0.3) is 11.6 Å². The van der Waals surface area contributed by atoms with Crippen molar-refractivity contribution in [2.45, 2.75) is 12.5 Å². The molecule has 0 radical (unpaired) electrons. The van der Waals surface area contributed by atoms with E-state index < -0.39 is 16.9 Å². The number of hydrazone groups is 1. The van der Waals surface area contributed by atoms with Gasteiger partial charge in [0.05, 0.1) is 23.6 Å². The summed E-state index contributed by atoms with van der Waals surface area (Å²) < 4.78 is 5.65. The van der Waals surface area contributed by atoms with Crippen molar-refractivity contribution in [3.05, 3.63) is 123 Å². The SMILES string of the molecule is O=C(C[C@H](NC(=O)c1ccccc1)c1ccccc1)N/N=C\c1ccc(-c2ccc(Cl)c([N+](=O)[O-])c2)o1. The van der Waals surface area contributed by atoms with Crippen LogP contribution in [0.25, 0.3) is 11.3 Å². The van der Waals surface area contributed by atoms with Crippen molar-refractivity contribution >= 4 is 35.3 Å². The van der Waals surface area contributed by atoms with Crippen LogP contribution in [0.5, 0.6) is 0 Å². The molecule has 1 atom stereocenters. The number of hydrogen-bond acceptors (Lipinski definition) is 6. The molecular weight excluding hydrogens is 496 g/mol. The minimum Gasteiger partial charge on any atom is -0.455 e. The van der Waals surface area contributed by atoms with E-state index in [1.807, 2.05) is 36.4 Å². The molecule has 4 aromatic rings. The summed E-state index contributed by atoms with van der Waals surface area (Å²) >= 11 is 5.86. The Morgan fingerprint density at radius 2 is 1.70 bits per heavy atom. The molecule has 9 nitrogen and oxygen atoms in total. The van der Waals surface area contributed by atoms with Crippen LogP contribution in [0.3, 0.4) is 0 Å². The number of benzene rings is 3. The van der Waals surface area contributed by atoms with Crippen molar-refractivity contribution in [3.8, 4) is 11.3 Å². The van der Waals surface area contributed by atoms with Crippen LogP contribution < -0.4 is 10.7 Å². The Balaban J connectivity index is 1.40. The Morgan fingerprint density at radius 3 is 2.41 bits per heavy atom. The zero-order valence-electron chi connectivity index (χ0n) is 19.3. The fourth-order valence-corrected chi connectivity index (χ4v) is 3.74. The van der Waals surface area contributed by atoms with Gasteiger partial charge in [-0.05, 0) is 42.0 Å². The highest BCUT2D eigenvalue weighted by atomic mass is 35.5. The van der Waals surface area contributed by atoms with Crippen molar-refractivity contribution in [2.75, 3.05) is 0 Å². The van der Waals surface area contributed by atoms with E-state index in [1.165, 1.54) is 18.3 Å². The average molecular weight is 517 g/mol. The van der Waals surface area contributed by atoms with Gasteiger partial charge in [-0.15, -0.1) is 0 Å². The lowest BCUT2D eigenvalue weighted by molar-refractivity contribution is -0.384. The number of amides is 2. The Hall–Kier alpha value is -4.76. The molecule has 2 amide bonds. The van der Waals surface area contributed by atoms with E-state index in [4.69, 9.17) is 16.0 Å². The number of nitro groups is 1. The number of hydrogen-bond donors (Lipinski definition) is 2. The van der Waals surface area contributed by atoms with Gasteiger partial charge in [-0.1, -0.05) is 60.1 Å². The van der Waals surface area contributed by atoms with Crippen LogP contribution in [0.2, 0.25) is 5.02 Å². The zero-order chi connectivity index (χ0) is 26.2. The summed E-state index contributed by atoms with van der Waals surface area (Å²) in [4.78, 5) is 35.8. The molecule has 0 bridgehead atoms. The van der Waals surface area contributed by atoms with Crippen LogP contribution in [-0.4, -0.2) is 23.0 Å². The maximum Gasteiger partial charge on any atom is 0.288 e. The van der Waals surface area contributed by atoms with Crippen LogP contribution >= 0.6 is 11.6 Å². The molecule has 0 saturated carbocycles. The number of nitrogens with zero attached hydrogens (tertiary/aromatic N) is 2. The molecule has 1 heterocycles. The molecule has 186 valence electrons. The smallest absolute Gasteiger partial charge is 0.288 e. The lowest BCUT2D eigenvalue weighted by Crippen LogP contribution is -2.32. The van der Waals surface area contributed by atoms with E-state index in [0.29, 0.717) is 22.6 Å². The lowest BCUT2D eigenvalue weighted by atomic mass is 10.0. The van der Waals surface area contributed by atoms with Crippen LogP contribution in [0.1, 0.15) is 34.1 Å².